The van der Waals surface area contributed by atoms with Crippen LogP contribution in [0.4, 0.5) is 10.5 Å². The molecule has 1 aromatic rings. The van der Waals surface area contributed by atoms with E-state index in [1.54, 1.807) is 6.07 Å². The number of urea groups is 1. The van der Waals surface area contributed by atoms with Gasteiger partial charge in [-0.25, -0.2) is 9.59 Å². The molecule has 1 unspecified atom stereocenters. The lowest BCUT2D eigenvalue weighted by Crippen LogP contribution is -2.45. The Labute approximate surface area is 123 Å². The largest absolute Gasteiger partial charge is 0.478 e. The maximum absolute atomic E-state index is 11.7. The SMILES string of the molecule is CNC(=O)C(C)NC(=O)Nc1cc(Br)ccc1C(=O)O. The van der Waals surface area contributed by atoms with Crippen molar-refractivity contribution in [2.24, 2.45) is 0 Å². The number of carbonyl (C=O) groups excluding carboxylic acids is 2. The number of carboxylic acids is 1. The first-order valence-electron chi connectivity index (χ1n) is 5.67. The zero-order valence-electron chi connectivity index (χ0n) is 10.9. The van der Waals surface area contributed by atoms with Gasteiger partial charge >= 0.3 is 12.0 Å². The summed E-state index contributed by atoms with van der Waals surface area (Å²) in [5, 5.41) is 16.2. The minimum absolute atomic E-state index is 0.0454. The number of nitrogens with one attached hydrogen (secondary N) is 3. The van der Waals surface area contributed by atoms with Gasteiger partial charge < -0.3 is 21.1 Å². The molecular formula is C12H14BrN3O4. The van der Waals surface area contributed by atoms with Crippen molar-refractivity contribution in [3.63, 3.8) is 0 Å². The van der Waals surface area contributed by atoms with Crippen molar-refractivity contribution in [1.29, 1.82) is 0 Å². The molecule has 1 aromatic carbocycles. The molecule has 0 saturated carbocycles. The molecule has 0 aliphatic rings. The van der Waals surface area contributed by atoms with Crippen molar-refractivity contribution in [2.75, 3.05) is 12.4 Å². The van der Waals surface area contributed by atoms with Crippen LogP contribution in [0.5, 0.6) is 0 Å². The number of anilines is 1. The van der Waals surface area contributed by atoms with Gasteiger partial charge in [-0.3, -0.25) is 4.79 Å². The molecule has 1 atom stereocenters. The first kappa shape index (κ1) is 16.0. The number of aromatic carboxylic acids is 1. The first-order valence-corrected chi connectivity index (χ1v) is 6.46. The molecule has 0 heterocycles. The lowest BCUT2D eigenvalue weighted by atomic mass is 10.2. The highest BCUT2D eigenvalue weighted by Crippen LogP contribution is 2.21. The Balaban J connectivity index is 2.82. The number of carboxylic acid groups (broad SMARTS) is 1. The standard InChI is InChI=1S/C12H14BrN3O4/c1-6(10(17)14-2)15-12(20)16-9-5-7(13)3-4-8(9)11(18)19/h3-6H,1-2H3,(H,14,17)(H,18,19)(H2,15,16,20). The van der Waals surface area contributed by atoms with Crippen molar-refractivity contribution < 1.29 is 19.5 Å². The Morgan fingerprint density at radius 3 is 2.50 bits per heavy atom. The maximum Gasteiger partial charge on any atom is 0.337 e. The third-order valence-electron chi connectivity index (χ3n) is 2.45. The molecule has 7 nitrogen and oxygen atoms in total. The maximum atomic E-state index is 11.7. The van der Waals surface area contributed by atoms with Crippen LogP contribution in [0.3, 0.4) is 0 Å². The Morgan fingerprint density at radius 2 is 1.95 bits per heavy atom. The van der Waals surface area contributed by atoms with Crippen LogP contribution < -0.4 is 16.0 Å². The van der Waals surface area contributed by atoms with Gasteiger partial charge in [0, 0.05) is 11.5 Å². The smallest absolute Gasteiger partial charge is 0.337 e. The van der Waals surface area contributed by atoms with Crippen LogP contribution in [0.25, 0.3) is 0 Å². The van der Waals surface area contributed by atoms with Gasteiger partial charge in [-0.15, -0.1) is 0 Å². The molecule has 0 aliphatic heterocycles. The van der Waals surface area contributed by atoms with Crippen molar-refractivity contribution in [3.05, 3.63) is 28.2 Å². The lowest BCUT2D eigenvalue weighted by molar-refractivity contribution is -0.122. The number of benzene rings is 1. The van der Waals surface area contributed by atoms with E-state index < -0.39 is 18.0 Å². The summed E-state index contributed by atoms with van der Waals surface area (Å²) in [5.41, 5.74) is 0.0874. The fourth-order valence-electron chi connectivity index (χ4n) is 1.44. The number of hydrogen-bond donors (Lipinski definition) is 4. The Bertz CT molecular complexity index is 548. The summed E-state index contributed by atoms with van der Waals surface area (Å²) in [6, 6.07) is 2.99. The van der Waals surface area contributed by atoms with Gasteiger partial charge in [0.25, 0.3) is 0 Å². The van der Waals surface area contributed by atoms with E-state index in [2.05, 4.69) is 31.9 Å². The summed E-state index contributed by atoms with van der Waals surface area (Å²) >= 11 is 3.19. The number of hydrogen-bond acceptors (Lipinski definition) is 3. The van der Waals surface area contributed by atoms with E-state index in [0.717, 1.165) is 0 Å². The van der Waals surface area contributed by atoms with Gasteiger partial charge in [0.15, 0.2) is 0 Å². The van der Waals surface area contributed by atoms with Crippen LogP contribution in [0.15, 0.2) is 22.7 Å². The Morgan fingerprint density at radius 1 is 1.30 bits per heavy atom. The van der Waals surface area contributed by atoms with Crippen LogP contribution in [0.2, 0.25) is 0 Å². The van der Waals surface area contributed by atoms with Gasteiger partial charge in [-0.05, 0) is 25.1 Å². The minimum Gasteiger partial charge on any atom is -0.478 e. The second-order valence-corrected chi connectivity index (χ2v) is 4.85. The highest BCUT2D eigenvalue weighted by Gasteiger charge is 2.16. The first-order chi connectivity index (χ1) is 9.35. The van der Waals surface area contributed by atoms with Crippen molar-refractivity contribution in [2.45, 2.75) is 13.0 Å². The number of rotatable bonds is 4. The summed E-state index contributed by atoms with van der Waals surface area (Å²) in [6.45, 7) is 1.51. The van der Waals surface area contributed by atoms with Crippen molar-refractivity contribution >= 4 is 39.5 Å². The predicted molar refractivity (Wildman–Crippen MR) is 76.8 cm³/mol. The van der Waals surface area contributed by atoms with Crippen LogP contribution in [0, 0.1) is 0 Å². The van der Waals surface area contributed by atoms with Gasteiger partial charge in [-0.1, -0.05) is 15.9 Å². The zero-order chi connectivity index (χ0) is 15.3. The molecule has 108 valence electrons. The molecule has 20 heavy (non-hydrogen) atoms. The molecule has 0 fully saturated rings. The fraction of sp³-hybridized carbons (Fsp3) is 0.250. The number of amides is 3. The monoisotopic (exact) mass is 343 g/mol. The number of halogens is 1. The molecule has 0 radical (unpaired) electrons. The topological polar surface area (TPSA) is 108 Å². The molecule has 1 rings (SSSR count). The van der Waals surface area contributed by atoms with Gasteiger partial charge in [0.05, 0.1) is 11.3 Å². The van der Waals surface area contributed by atoms with Crippen LogP contribution in [-0.4, -0.2) is 36.1 Å². The highest BCUT2D eigenvalue weighted by molar-refractivity contribution is 9.10. The van der Waals surface area contributed by atoms with E-state index in [9.17, 15) is 14.4 Å². The van der Waals surface area contributed by atoms with E-state index in [4.69, 9.17) is 5.11 Å². The summed E-state index contributed by atoms with van der Waals surface area (Å²) in [7, 11) is 1.45. The van der Waals surface area contributed by atoms with E-state index >= 15 is 0 Å². The normalized spacial score (nSPS) is 11.3. The van der Waals surface area contributed by atoms with Crippen molar-refractivity contribution in [1.82, 2.24) is 10.6 Å². The minimum atomic E-state index is -1.16. The van der Waals surface area contributed by atoms with E-state index in [1.165, 1.54) is 26.1 Å². The predicted octanol–water partition coefficient (Wildman–Crippen LogP) is 1.40. The molecule has 0 aliphatic carbocycles. The third kappa shape index (κ3) is 4.23. The molecule has 0 spiro atoms. The quantitative estimate of drug-likeness (QED) is 0.662. The van der Waals surface area contributed by atoms with Gasteiger partial charge in [0.2, 0.25) is 5.91 Å². The van der Waals surface area contributed by atoms with Crippen LogP contribution in [-0.2, 0) is 4.79 Å². The zero-order valence-corrected chi connectivity index (χ0v) is 12.4. The Kier molecular flexibility index (Phi) is 5.51. The van der Waals surface area contributed by atoms with Crippen LogP contribution in [0.1, 0.15) is 17.3 Å². The molecule has 0 saturated heterocycles. The second-order valence-electron chi connectivity index (χ2n) is 3.93. The molecule has 0 aromatic heterocycles. The summed E-state index contributed by atoms with van der Waals surface area (Å²) in [4.78, 5) is 34.0. The summed E-state index contributed by atoms with van der Waals surface area (Å²) < 4.78 is 0.622. The Hall–Kier alpha value is -2.09. The second kappa shape index (κ2) is 6.90. The van der Waals surface area contributed by atoms with Crippen molar-refractivity contribution in [3.8, 4) is 0 Å². The molecular weight excluding hydrogens is 330 g/mol. The lowest BCUT2D eigenvalue weighted by Gasteiger charge is -2.14. The average molecular weight is 344 g/mol. The number of carbonyl (C=O) groups is 3. The van der Waals surface area contributed by atoms with E-state index in [-0.39, 0.29) is 17.2 Å². The molecule has 3 amide bonds. The number of likely N-dealkylation sites (N-methyl/N-ethyl adjacent to an activating group) is 1. The van der Waals surface area contributed by atoms with E-state index in [1.807, 2.05) is 0 Å². The summed E-state index contributed by atoms with van der Waals surface area (Å²) in [5.74, 6) is -1.51. The van der Waals surface area contributed by atoms with Gasteiger partial charge in [-0.2, -0.15) is 0 Å². The molecule has 4 N–H and O–H groups in total. The third-order valence-corrected chi connectivity index (χ3v) is 2.94. The van der Waals surface area contributed by atoms with E-state index in [0.29, 0.717) is 4.47 Å². The fourth-order valence-corrected chi connectivity index (χ4v) is 1.80. The molecule has 0 bridgehead atoms. The molecule has 8 heteroatoms. The van der Waals surface area contributed by atoms with Gasteiger partial charge in [0.1, 0.15) is 6.04 Å². The highest BCUT2D eigenvalue weighted by atomic mass is 79.9. The summed E-state index contributed by atoms with van der Waals surface area (Å²) in [6.07, 6.45) is 0. The van der Waals surface area contributed by atoms with Crippen LogP contribution >= 0.6 is 15.9 Å². The average Bonchev–Trinajstić information content (AvgIpc) is 2.37.